The van der Waals surface area contributed by atoms with Gasteiger partial charge in [-0.05, 0) is 34.5 Å². The lowest BCUT2D eigenvalue weighted by molar-refractivity contribution is 0.188. The second kappa shape index (κ2) is 8.13. The molecule has 0 amide bonds. The first-order valence-corrected chi connectivity index (χ1v) is 6.52. The maximum atomic E-state index is 9.84. The van der Waals surface area contributed by atoms with E-state index in [9.17, 15) is 5.11 Å². The van der Waals surface area contributed by atoms with Gasteiger partial charge in [0.1, 0.15) is 0 Å². The molecule has 0 saturated carbocycles. The first kappa shape index (κ1) is 15.9. The van der Waals surface area contributed by atoms with E-state index in [1.54, 1.807) is 11.3 Å². The van der Waals surface area contributed by atoms with E-state index < -0.39 is 6.10 Å². The van der Waals surface area contributed by atoms with Gasteiger partial charge >= 0.3 is 0 Å². The van der Waals surface area contributed by atoms with Crippen LogP contribution in [0, 0.1) is 0 Å². The van der Waals surface area contributed by atoms with Gasteiger partial charge in [0, 0.05) is 5.69 Å². The molecule has 1 aromatic heterocycles. The lowest BCUT2D eigenvalue weighted by Crippen LogP contribution is -2.23. The molecule has 2 rings (SSSR count). The summed E-state index contributed by atoms with van der Waals surface area (Å²) in [6.07, 6.45) is -0.604. The van der Waals surface area contributed by atoms with Crippen molar-refractivity contribution in [1.82, 2.24) is 0 Å². The highest BCUT2D eigenvalue weighted by molar-refractivity contribution is 14.0. The third kappa shape index (κ3) is 5.17. The van der Waals surface area contributed by atoms with E-state index in [1.165, 1.54) is 0 Å². The summed E-state index contributed by atoms with van der Waals surface area (Å²) in [5, 5.41) is 16.6. The highest BCUT2D eigenvalue weighted by Crippen LogP contribution is 2.16. The van der Waals surface area contributed by atoms with Crippen LogP contribution in [0.15, 0.2) is 52.2 Å². The summed E-state index contributed by atoms with van der Waals surface area (Å²) in [5.41, 5.74) is 7.49. The molecular formula is C13H16IN3OS. The molecule has 2 aromatic rings. The Morgan fingerprint density at radius 2 is 2.05 bits per heavy atom. The number of rotatable bonds is 4. The van der Waals surface area contributed by atoms with E-state index in [0.717, 1.165) is 11.3 Å². The minimum absolute atomic E-state index is 0. The molecule has 1 atom stereocenters. The number of nitrogens with one attached hydrogen (secondary N) is 1. The standard InChI is InChI=1S/C13H15N3OS.HI/c14-13(16-11-4-2-1-3-5-11)15-8-12(17)10-6-7-18-9-10;/h1-7,9,12,17H,8H2,(H3,14,15,16);1H. The smallest absolute Gasteiger partial charge is 0.193 e. The molecule has 19 heavy (non-hydrogen) atoms. The Labute approximate surface area is 133 Å². The number of hydrogen-bond acceptors (Lipinski definition) is 3. The Balaban J connectivity index is 0.00000180. The Morgan fingerprint density at radius 1 is 1.32 bits per heavy atom. The first-order valence-electron chi connectivity index (χ1n) is 5.58. The third-order valence-corrected chi connectivity index (χ3v) is 3.11. The van der Waals surface area contributed by atoms with Crippen LogP contribution in [0.4, 0.5) is 5.69 Å². The monoisotopic (exact) mass is 389 g/mol. The van der Waals surface area contributed by atoms with Gasteiger partial charge < -0.3 is 16.2 Å². The van der Waals surface area contributed by atoms with E-state index in [2.05, 4.69) is 10.3 Å². The van der Waals surface area contributed by atoms with Crippen molar-refractivity contribution in [2.24, 2.45) is 10.7 Å². The number of aliphatic hydroxyl groups is 1. The van der Waals surface area contributed by atoms with Gasteiger partial charge in [0.25, 0.3) is 0 Å². The fraction of sp³-hybridized carbons (Fsp3) is 0.154. The van der Waals surface area contributed by atoms with Crippen LogP contribution in [0.5, 0.6) is 0 Å². The van der Waals surface area contributed by atoms with E-state index in [1.807, 2.05) is 47.2 Å². The molecule has 0 bridgehead atoms. The second-order valence-corrected chi connectivity index (χ2v) is 4.57. The predicted molar refractivity (Wildman–Crippen MR) is 91.2 cm³/mol. The number of para-hydroxylation sites is 1. The molecule has 0 aliphatic heterocycles. The number of guanidine groups is 1. The fourth-order valence-electron chi connectivity index (χ4n) is 1.46. The maximum absolute atomic E-state index is 9.84. The maximum Gasteiger partial charge on any atom is 0.193 e. The van der Waals surface area contributed by atoms with Gasteiger partial charge in [-0.3, -0.25) is 4.99 Å². The number of nitrogens with zero attached hydrogens (tertiary/aromatic N) is 1. The minimum Gasteiger partial charge on any atom is -0.386 e. The number of anilines is 1. The lowest BCUT2D eigenvalue weighted by Gasteiger charge is -2.08. The van der Waals surface area contributed by atoms with Crippen LogP contribution in [-0.4, -0.2) is 17.6 Å². The molecule has 4 N–H and O–H groups in total. The van der Waals surface area contributed by atoms with Crippen molar-refractivity contribution in [3.8, 4) is 0 Å². The number of nitrogens with two attached hydrogens (primary N) is 1. The summed E-state index contributed by atoms with van der Waals surface area (Å²) in [7, 11) is 0. The Morgan fingerprint density at radius 3 is 2.68 bits per heavy atom. The lowest BCUT2D eigenvalue weighted by atomic mass is 10.2. The van der Waals surface area contributed by atoms with Gasteiger partial charge in [0.2, 0.25) is 0 Å². The molecule has 1 unspecified atom stereocenters. The summed E-state index contributed by atoms with van der Waals surface area (Å²) >= 11 is 1.55. The number of aliphatic imine (C=N–C) groups is 1. The highest BCUT2D eigenvalue weighted by atomic mass is 127. The highest BCUT2D eigenvalue weighted by Gasteiger charge is 2.06. The molecule has 0 aliphatic rings. The molecular weight excluding hydrogens is 373 g/mol. The molecule has 1 heterocycles. The quantitative estimate of drug-likeness (QED) is 0.428. The fourth-order valence-corrected chi connectivity index (χ4v) is 2.17. The van der Waals surface area contributed by atoms with Crippen molar-refractivity contribution in [2.45, 2.75) is 6.10 Å². The van der Waals surface area contributed by atoms with Crippen LogP contribution in [0.3, 0.4) is 0 Å². The predicted octanol–water partition coefficient (Wildman–Crippen LogP) is 2.83. The molecule has 6 heteroatoms. The zero-order valence-electron chi connectivity index (χ0n) is 10.2. The van der Waals surface area contributed by atoms with Crippen LogP contribution in [-0.2, 0) is 0 Å². The van der Waals surface area contributed by atoms with Crippen LogP contribution >= 0.6 is 35.3 Å². The van der Waals surface area contributed by atoms with Gasteiger partial charge in [0.05, 0.1) is 12.6 Å². The van der Waals surface area contributed by atoms with E-state index in [-0.39, 0.29) is 30.5 Å². The number of halogens is 1. The molecule has 0 aliphatic carbocycles. The number of hydrogen-bond donors (Lipinski definition) is 3. The zero-order valence-corrected chi connectivity index (χ0v) is 13.3. The normalized spacial score (nSPS) is 12.6. The van der Waals surface area contributed by atoms with E-state index in [0.29, 0.717) is 5.96 Å². The molecule has 4 nitrogen and oxygen atoms in total. The molecule has 0 saturated heterocycles. The Bertz CT molecular complexity index is 502. The molecule has 1 aromatic carbocycles. The van der Waals surface area contributed by atoms with Crippen molar-refractivity contribution in [1.29, 1.82) is 0 Å². The van der Waals surface area contributed by atoms with Crippen molar-refractivity contribution < 1.29 is 5.11 Å². The largest absolute Gasteiger partial charge is 0.386 e. The minimum atomic E-state index is -0.604. The summed E-state index contributed by atoms with van der Waals surface area (Å²) in [6.45, 7) is 0.252. The van der Waals surface area contributed by atoms with Crippen LogP contribution in [0.1, 0.15) is 11.7 Å². The van der Waals surface area contributed by atoms with Gasteiger partial charge in [-0.15, -0.1) is 24.0 Å². The van der Waals surface area contributed by atoms with E-state index in [4.69, 9.17) is 5.73 Å². The number of benzene rings is 1. The number of thiophene rings is 1. The van der Waals surface area contributed by atoms with Gasteiger partial charge in [-0.25, -0.2) is 0 Å². The van der Waals surface area contributed by atoms with Gasteiger partial charge in [-0.2, -0.15) is 11.3 Å². The van der Waals surface area contributed by atoms with Crippen LogP contribution in [0.2, 0.25) is 0 Å². The van der Waals surface area contributed by atoms with Crippen molar-refractivity contribution in [3.63, 3.8) is 0 Å². The molecule has 0 radical (unpaired) electrons. The number of aliphatic hydroxyl groups excluding tert-OH is 1. The van der Waals surface area contributed by atoms with E-state index >= 15 is 0 Å². The topological polar surface area (TPSA) is 70.6 Å². The summed E-state index contributed by atoms with van der Waals surface area (Å²) in [4.78, 5) is 4.11. The van der Waals surface area contributed by atoms with Crippen molar-refractivity contribution >= 4 is 47.0 Å². The molecule has 0 fully saturated rings. The second-order valence-electron chi connectivity index (χ2n) is 3.79. The average Bonchev–Trinajstić information content (AvgIpc) is 2.91. The van der Waals surface area contributed by atoms with Crippen molar-refractivity contribution in [2.75, 3.05) is 11.9 Å². The summed E-state index contributed by atoms with van der Waals surface area (Å²) < 4.78 is 0. The van der Waals surface area contributed by atoms with Crippen LogP contribution < -0.4 is 11.1 Å². The average molecular weight is 389 g/mol. The molecule has 102 valence electrons. The summed E-state index contributed by atoms with van der Waals surface area (Å²) in [5.74, 6) is 0.301. The zero-order chi connectivity index (χ0) is 12.8. The van der Waals surface area contributed by atoms with Crippen LogP contribution in [0.25, 0.3) is 0 Å². The van der Waals surface area contributed by atoms with Gasteiger partial charge in [-0.1, -0.05) is 18.2 Å². The van der Waals surface area contributed by atoms with Crippen molar-refractivity contribution in [3.05, 3.63) is 52.7 Å². The first-order chi connectivity index (χ1) is 8.75. The summed E-state index contributed by atoms with van der Waals surface area (Å²) in [6, 6.07) is 11.4. The SMILES string of the molecule is I.NC(=NCC(O)c1ccsc1)Nc1ccccc1. The van der Waals surface area contributed by atoms with Gasteiger partial charge in [0.15, 0.2) is 5.96 Å². The Kier molecular flexibility index (Phi) is 6.82. The molecule has 0 spiro atoms. The Hall–Kier alpha value is -1.12. The third-order valence-electron chi connectivity index (χ3n) is 2.41.